The molecular formula is C17H34ClN3O2. The third kappa shape index (κ3) is 7.53. The number of amides is 2. The number of likely N-dealkylation sites (tertiary alicyclic amines) is 1. The van der Waals surface area contributed by atoms with E-state index in [4.69, 9.17) is 5.73 Å². The zero-order valence-corrected chi connectivity index (χ0v) is 16.0. The molecule has 1 unspecified atom stereocenters. The van der Waals surface area contributed by atoms with Crippen molar-refractivity contribution in [2.24, 2.45) is 23.0 Å². The van der Waals surface area contributed by atoms with E-state index < -0.39 is 6.04 Å². The second-order valence-corrected chi connectivity index (χ2v) is 7.99. The van der Waals surface area contributed by atoms with Crippen LogP contribution in [0.4, 0.5) is 0 Å². The van der Waals surface area contributed by atoms with Crippen molar-refractivity contribution in [1.29, 1.82) is 0 Å². The van der Waals surface area contributed by atoms with Gasteiger partial charge in [-0.15, -0.1) is 12.4 Å². The minimum atomic E-state index is -0.400. The smallest absolute Gasteiger partial charge is 0.239 e. The molecule has 0 aromatic rings. The summed E-state index contributed by atoms with van der Waals surface area (Å²) >= 11 is 0. The van der Waals surface area contributed by atoms with Gasteiger partial charge in [0.1, 0.15) is 0 Å². The van der Waals surface area contributed by atoms with E-state index in [9.17, 15) is 9.59 Å². The van der Waals surface area contributed by atoms with Gasteiger partial charge in [0.2, 0.25) is 11.8 Å². The van der Waals surface area contributed by atoms with Crippen molar-refractivity contribution in [3.05, 3.63) is 0 Å². The fourth-order valence-corrected chi connectivity index (χ4v) is 2.78. The Hall–Kier alpha value is -0.810. The van der Waals surface area contributed by atoms with E-state index in [1.807, 2.05) is 25.7 Å². The fraction of sp³-hybridized carbons (Fsp3) is 0.882. The Morgan fingerprint density at radius 3 is 2.43 bits per heavy atom. The Kier molecular flexibility index (Phi) is 9.14. The SMILES string of the molecule is CC(C)C[C@H](N)C(=O)N1CCCC(CNC(=O)C(C)(C)C)C1.Cl. The number of nitrogens with one attached hydrogen (secondary N) is 1. The first-order valence-corrected chi connectivity index (χ1v) is 8.44. The average molecular weight is 348 g/mol. The van der Waals surface area contributed by atoms with E-state index in [0.717, 1.165) is 25.8 Å². The number of nitrogens with zero attached hydrogens (tertiary/aromatic N) is 1. The van der Waals surface area contributed by atoms with Crippen molar-refractivity contribution in [3.8, 4) is 0 Å². The lowest BCUT2D eigenvalue weighted by molar-refractivity contribution is -0.134. The summed E-state index contributed by atoms with van der Waals surface area (Å²) in [5.74, 6) is 0.869. The number of carbonyl (C=O) groups excluding carboxylic acids is 2. The monoisotopic (exact) mass is 347 g/mol. The molecule has 1 saturated heterocycles. The van der Waals surface area contributed by atoms with Gasteiger partial charge in [0.25, 0.3) is 0 Å². The maximum Gasteiger partial charge on any atom is 0.239 e. The number of hydrogen-bond donors (Lipinski definition) is 2. The van der Waals surface area contributed by atoms with Crippen LogP contribution in [-0.2, 0) is 9.59 Å². The third-order valence-corrected chi connectivity index (χ3v) is 4.11. The van der Waals surface area contributed by atoms with Crippen LogP contribution in [0.1, 0.15) is 53.9 Å². The molecule has 0 radical (unpaired) electrons. The Bertz CT molecular complexity index is 394. The standard InChI is InChI=1S/C17H33N3O2.ClH/c1-12(2)9-14(18)15(21)20-8-6-7-13(11-20)10-19-16(22)17(3,4)5;/h12-14H,6-11,18H2,1-5H3,(H,19,22);1H/t13?,14-;/m0./s1. The second kappa shape index (κ2) is 9.48. The molecule has 136 valence electrons. The molecule has 3 N–H and O–H groups in total. The molecule has 23 heavy (non-hydrogen) atoms. The van der Waals surface area contributed by atoms with Crippen LogP contribution >= 0.6 is 12.4 Å². The highest BCUT2D eigenvalue weighted by atomic mass is 35.5. The Labute approximate surface area is 147 Å². The molecule has 1 aliphatic rings. The van der Waals surface area contributed by atoms with Crippen LogP contribution in [0.3, 0.4) is 0 Å². The van der Waals surface area contributed by atoms with Crippen molar-refractivity contribution in [2.45, 2.75) is 59.9 Å². The van der Waals surface area contributed by atoms with Crippen molar-refractivity contribution < 1.29 is 9.59 Å². The maximum atomic E-state index is 12.4. The quantitative estimate of drug-likeness (QED) is 0.800. The van der Waals surface area contributed by atoms with Gasteiger partial charge in [0, 0.05) is 25.0 Å². The predicted molar refractivity (Wildman–Crippen MR) is 96.4 cm³/mol. The lowest BCUT2D eigenvalue weighted by Gasteiger charge is -2.35. The lowest BCUT2D eigenvalue weighted by Crippen LogP contribution is -2.50. The van der Waals surface area contributed by atoms with Gasteiger partial charge < -0.3 is 16.0 Å². The fourth-order valence-electron chi connectivity index (χ4n) is 2.78. The van der Waals surface area contributed by atoms with Crippen molar-refractivity contribution >= 4 is 24.2 Å². The number of piperidine rings is 1. The van der Waals surface area contributed by atoms with Crippen LogP contribution in [0, 0.1) is 17.3 Å². The van der Waals surface area contributed by atoms with Gasteiger partial charge in [-0.2, -0.15) is 0 Å². The van der Waals surface area contributed by atoms with Crippen molar-refractivity contribution in [3.63, 3.8) is 0 Å². The van der Waals surface area contributed by atoms with Crippen LogP contribution < -0.4 is 11.1 Å². The van der Waals surface area contributed by atoms with Crippen molar-refractivity contribution in [2.75, 3.05) is 19.6 Å². The van der Waals surface area contributed by atoms with E-state index in [0.29, 0.717) is 24.9 Å². The maximum absolute atomic E-state index is 12.4. The average Bonchev–Trinajstić information content (AvgIpc) is 2.42. The largest absolute Gasteiger partial charge is 0.355 e. The van der Waals surface area contributed by atoms with E-state index in [1.165, 1.54) is 0 Å². The normalized spacial score (nSPS) is 20.0. The van der Waals surface area contributed by atoms with Gasteiger partial charge in [-0.25, -0.2) is 0 Å². The van der Waals surface area contributed by atoms with Crippen LogP contribution in [-0.4, -0.2) is 42.4 Å². The third-order valence-electron chi connectivity index (χ3n) is 4.11. The molecule has 2 amide bonds. The first-order chi connectivity index (χ1) is 10.1. The van der Waals surface area contributed by atoms with E-state index >= 15 is 0 Å². The summed E-state index contributed by atoms with van der Waals surface area (Å²) in [4.78, 5) is 26.2. The van der Waals surface area contributed by atoms with Crippen LogP contribution in [0.15, 0.2) is 0 Å². The van der Waals surface area contributed by atoms with Gasteiger partial charge in [0.15, 0.2) is 0 Å². The van der Waals surface area contributed by atoms with Gasteiger partial charge >= 0.3 is 0 Å². The molecule has 5 nitrogen and oxygen atoms in total. The predicted octanol–water partition coefficient (Wildman–Crippen LogP) is 2.18. The molecule has 2 atom stereocenters. The number of carbonyl (C=O) groups is 2. The topological polar surface area (TPSA) is 75.4 Å². The second-order valence-electron chi connectivity index (χ2n) is 7.99. The lowest BCUT2D eigenvalue weighted by atomic mass is 9.93. The first kappa shape index (κ1) is 22.2. The molecule has 0 saturated carbocycles. The number of halogens is 1. The van der Waals surface area contributed by atoms with E-state index in [1.54, 1.807) is 0 Å². The highest BCUT2D eigenvalue weighted by molar-refractivity contribution is 5.85. The molecule has 0 aliphatic carbocycles. The van der Waals surface area contributed by atoms with E-state index in [-0.39, 0.29) is 29.6 Å². The van der Waals surface area contributed by atoms with Gasteiger partial charge in [-0.05, 0) is 31.1 Å². The Balaban J connectivity index is 0.00000484. The van der Waals surface area contributed by atoms with E-state index in [2.05, 4.69) is 19.2 Å². The summed E-state index contributed by atoms with van der Waals surface area (Å²) in [6.45, 7) is 12.0. The highest BCUT2D eigenvalue weighted by Crippen LogP contribution is 2.19. The van der Waals surface area contributed by atoms with Crippen LogP contribution in [0.25, 0.3) is 0 Å². The summed E-state index contributed by atoms with van der Waals surface area (Å²) in [7, 11) is 0. The minimum Gasteiger partial charge on any atom is -0.355 e. The molecule has 0 aromatic heterocycles. The highest BCUT2D eigenvalue weighted by Gasteiger charge is 2.28. The Morgan fingerprint density at radius 2 is 1.91 bits per heavy atom. The number of hydrogen-bond acceptors (Lipinski definition) is 3. The zero-order chi connectivity index (χ0) is 16.9. The number of rotatable bonds is 5. The molecule has 1 rings (SSSR count). The molecule has 0 spiro atoms. The number of nitrogens with two attached hydrogens (primary N) is 1. The molecular weight excluding hydrogens is 314 g/mol. The minimum absolute atomic E-state index is 0. The van der Waals surface area contributed by atoms with Crippen LogP contribution in [0.5, 0.6) is 0 Å². The molecule has 0 aromatic carbocycles. The van der Waals surface area contributed by atoms with Crippen LogP contribution in [0.2, 0.25) is 0 Å². The molecule has 6 heteroatoms. The van der Waals surface area contributed by atoms with Gasteiger partial charge in [-0.1, -0.05) is 34.6 Å². The summed E-state index contributed by atoms with van der Waals surface area (Å²) in [6.07, 6.45) is 2.75. The summed E-state index contributed by atoms with van der Waals surface area (Å²) in [5.41, 5.74) is 5.64. The molecule has 1 aliphatic heterocycles. The Morgan fingerprint density at radius 1 is 1.30 bits per heavy atom. The van der Waals surface area contributed by atoms with Gasteiger partial charge in [0.05, 0.1) is 6.04 Å². The zero-order valence-electron chi connectivity index (χ0n) is 15.2. The summed E-state index contributed by atoms with van der Waals surface area (Å²) in [5, 5.41) is 3.01. The van der Waals surface area contributed by atoms with Crippen molar-refractivity contribution in [1.82, 2.24) is 10.2 Å². The summed E-state index contributed by atoms with van der Waals surface area (Å²) in [6, 6.07) is -0.400. The molecule has 1 fully saturated rings. The summed E-state index contributed by atoms with van der Waals surface area (Å²) < 4.78 is 0. The van der Waals surface area contributed by atoms with Gasteiger partial charge in [-0.3, -0.25) is 9.59 Å². The molecule has 1 heterocycles. The first-order valence-electron chi connectivity index (χ1n) is 8.44. The molecule has 0 bridgehead atoms.